The number of piperidine rings is 1. The number of rotatable bonds is 1. The maximum atomic E-state index is 12.8. The predicted molar refractivity (Wildman–Crippen MR) is 97.7 cm³/mol. The van der Waals surface area contributed by atoms with Gasteiger partial charge < -0.3 is 14.7 Å². The molecular weight excluding hydrogens is 338 g/mol. The van der Waals surface area contributed by atoms with Gasteiger partial charge in [-0.25, -0.2) is 4.79 Å². The van der Waals surface area contributed by atoms with Crippen LogP contribution in [0.5, 0.6) is 5.75 Å². The summed E-state index contributed by atoms with van der Waals surface area (Å²) in [6.07, 6.45) is 0.989. The Morgan fingerprint density at radius 1 is 1.40 bits per heavy atom. The quantitative estimate of drug-likeness (QED) is 0.806. The van der Waals surface area contributed by atoms with Crippen LogP contribution in [0.3, 0.4) is 0 Å². The van der Waals surface area contributed by atoms with Gasteiger partial charge in [0.2, 0.25) is 0 Å². The number of ether oxygens (including phenoxy) is 1. The zero-order valence-corrected chi connectivity index (χ0v) is 16.0. The molecule has 3 rings (SSSR count). The van der Waals surface area contributed by atoms with E-state index in [0.717, 1.165) is 10.5 Å². The number of likely N-dealkylation sites (tertiary alicyclic amines) is 1. The Kier molecular flexibility index (Phi) is 4.52. The van der Waals surface area contributed by atoms with Crippen LogP contribution in [0.15, 0.2) is 23.1 Å². The first-order valence-electron chi connectivity index (χ1n) is 8.55. The number of thioether (sulfide) groups is 1. The second kappa shape index (κ2) is 6.24. The Bertz CT molecular complexity index is 712. The van der Waals surface area contributed by atoms with E-state index in [1.807, 2.05) is 18.2 Å². The summed E-state index contributed by atoms with van der Waals surface area (Å²) in [6, 6.07) is 5.54. The van der Waals surface area contributed by atoms with Crippen molar-refractivity contribution in [1.29, 1.82) is 0 Å². The van der Waals surface area contributed by atoms with Crippen LogP contribution in [0, 0.1) is 5.41 Å². The van der Waals surface area contributed by atoms with Gasteiger partial charge in [-0.05, 0) is 36.5 Å². The minimum absolute atomic E-state index is 0.0983. The molecule has 136 valence electrons. The molecule has 1 spiro atoms. The molecule has 1 N–H and O–H groups in total. The molecule has 2 unspecified atom stereocenters. The zero-order chi connectivity index (χ0) is 18.4. The number of ketones is 1. The van der Waals surface area contributed by atoms with Crippen molar-refractivity contribution in [2.75, 3.05) is 13.7 Å². The highest BCUT2D eigenvalue weighted by Crippen LogP contribution is 2.52. The molecule has 1 fully saturated rings. The van der Waals surface area contributed by atoms with E-state index >= 15 is 0 Å². The minimum Gasteiger partial charge on any atom is -0.497 e. The fraction of sp³-hybridized carbons (Fsp3) is 0.579. The van der Waals surface area contributed by atoms with E-state index in [1.54, 1.807) is 23.8 Å². The lowest BCUT2D eigenvalue weighted by atomic mass is 9.75. The second-order valence-corrected chi connectivity index (χ2v) is 9.57. The highest BCUT2D eigenvalue weighted by Gasteiger charge is 2.49. The molecule has 1 aromatic carbocycles. The van der Waals surface area contributed by atoms with Gasteiger partial charge in [-0.15, -0.1) is 11.8 Å². The number of hydrogen-bond acceptors (Lipinski definition) is 4. The van der Waals surface area contributed by atoms with E-state index in [9.17, 15) is 14.7 Å². The highest BCUT2D eigenvalue weighted by molar-refractivity contribution is 8.01. The van der Waals surface area contributed by atoms with Gasteiger partial charge >= 0.3 is 6.09 Å². The van der Waals surface area contributed by atoms with Crippen molar-refractivity contribution in [2.24, 2.45) is 5.41 Å². The molecule has 0 saturated carbocycles. The number of amides is 1. The van der Waals surface area contributed by atoms with Gasteiger partial charge in [-0.3, -0.25) is 4.79 Å². The topological polar surface area (TPSA) is 66.8 Å². The molecule has 2 heterocycles. The van der Waals surface area contributed by atoms with Crippen LogP contribution >= 0.6 is 11.8 Å². The summed E-state index contributed by atoms with van der Waals surface area (Å²) in [5, 5.41) is 9.56. The molecule has 2 atom stereocenters. The molecule has 0 radical (unpaired) electrons. The number of Topliss-reactive ketones (excluding diaryl/α,β-unsaturated/α-hetero) is 1. The van der Waals surface area contributed by atoms with E-state index in [-0.39, 0.29) is 22.0 Å². The van der Waals surface area contributed by atoms with Crippen LogP contribution in [0.25, 0.3) is 0 Å². The molecule has 0 aliphatic carbocycles. The maximum Gasteiger partial charge on any atom is 0.407 e. The van der Waals surface area contributed by atoms with Gasteiger partial charge in [0.25, 0.3) is 0 Å². The monoisotopic (exact) mass is 363 g/mol. The van der Waals surface area contributed by atoms with E-state index in [2.05, 4.69) is 20.8 Å². The number of carboxylic acid groups (broad SMARTS) is 1. The summed E-state index contributed by atoms with van der Waals surface area (Å²) in [5.74, 6) is 0.820. The Morgan fingerprint density at radius 3 is 2.72 bits per heavy atom. The number of benzene rings is 1. The standard InChI is InChI=1S/C19H25NO4S/c1-18(2,3)16-11-19(7-8-20(16)17(22)23)10-14(21)13-9-12(24-4)5-6-15(13)25-19/h5-6,9,16H,7-8,10-11H2,1-4H3,(H,22,23). The molecule has 6 heteroatoms. The van der Waals surface area contributed by atoms with Crippen LogP contribution in [0.2, 0.25) is 0 Å². The van der Waals surface area contributed by atoms with E-state index in [0.29, 0.717) is 31.6 Å². The van der Waals surface area contributed by atoms with E-state index in [1.165, 1.54) is 0 Å². The summed E-state index contributed by atoms with van der Waals surface area (Å²) in [5.41, 5.74) is 0.554. The van der Waals surface area contributed by atoms with Crippen LogP contribution in [-0.4, -0.2) is 46.3 Å². The van der Waals surface area contributed by atoms with Crippen molar-refractivity contribution in [3.63, 3.8) is 0 Å². The molecule has 1 amide bonds. The fourth-order valence-corrected chi connectivity index (χ4v) is 5.42. The van der Waals surface area contributed by atoms with Crippen molar-refractivity contribution in [3.05, 3.63) is 23.8 Å². The van der Waals surface area contributed by atoms with E-state index in [4.69, 9.17) is 4.74 Å². The number of fused-ring (bicyclic) bond motifs is 1. The number of hydrogen-bond donors (Lipinski definition) is 1. The number of nitrogens with zero attached hydrogens (tertiary/aromatic N) is 1. The van der Waals surface area contributed by atoms with Gasteiger partial charge in [0, 0.05) is 34.2 Å². The molecular formula is C19H25NO4S. The van der Waals surface area contributed by atoms with Crippen LogP contribution in [0.4, 0.5) is 4.79 Å². The first-order valence-corrected chi connectivity index (χ1v) is 9.37. The third-order valence-corrected chi connectivity index (χ3v) is 6.82. The molecule has 2 aliphatic rings. The molecule has 2 aliphatic heterocycles. The SMILES string of the molecule is COc1ccc2c(c1)C(=O)CC1(CCN(C(=O)O)C(C(C)(C)C)C1)S2. The second-order valence-electron chi connectivity index (χ2n) is 8.06. The van der Waals surface area contributed by atoms with Crippen molar-refractivity contribution < 1.29 is 19.4 Å². The first-order chi connectivity index (χ1) is 11.6. The third kappa shape index (κ3) is 3.36. The number of methoxy groups -OCH3 is 1. The van der Waals surface area contributed by atoms with Gasteiger partial charge in [0.1, 0.15) is 5.75 Å². The maximum absolute atomic E-state index is 12.8. The van der Waals surface area contributed by atoms with E-state index < -0.39 is 6.09 Å². The normalized spacial score (nSPS) is 26.5. The van der Waals surface area contributed by atoms with Crippen LogP contribution in [0.1, 0.15) is 50.4 Å². The first kappa shape index (κ1) is 18.1. The Hall–Kier alpha value is -1.69. The van der Waals surface area contributed by atoms with Gasteiger partial charge in [0.05, 0.1) is 7.11 Å². The molecule has 5 nitrogen and oxygen atoms in total. The largest absolute Gasteiger partial charge is 0.497 e. The molecule has 0 bridgehead atoms. The zero-order valence-electron chi connectivity index (χ0n) is 15.2. The Labute approximate surface area is 152 Å². The smallest absolute Gasteiger partial charge is 0.407 e. The lowest BCUT2D eigenvalue weighted by Crippen LogP contribution is -2.56. The minimum atomic E-state index is -0.868. The molecule has 1 saturated heterocycles. The average molecular weight is 363 g/mol. The van der Waals surface area contributed by atoms with Gasteiger partial charge in [-0.1, -0.05) is 20.8 Å². The number of carbonyl (C=O) groups excluding carboxylic acids is 1. The van der Waals surface area contributed by atoms with Crippen LogP contribution in [-0.2, 0) is 0 Å². The van der Waals surface area contributed by atoms with Crippen molar-refractivity contribution >= 4 is 23.6 Å². The summed E-state index contributed by atoms with van der Waals surface area (Å²) >= 11 is 1.74. The summed E-state index contributed by atoms with van der Waals surface area (Å²) in [7, 11) is 1.60. The molecule has 1 aromatic rings. The predicted octanol–water partition coefficient (Wildman–Crippen LogP) is 4.30. The molecule has 0 aromatic heterocycles. The summed E-state index contributed by atoms with van der Waals surface area (Å²) in [6.45, 7) is 6.69. The number of carbonyl (C=O) groups is 2. The summed E-state index contributed by atoms with van der Waals surface area (Å²) in [4.78, 5) is 27.0. The third-order valence-electron chi connectivity index (χ3n) is 5.29. The average Bonchev–Trinajstić information content (AvgIpc) is 2.53. The fourth-order valence-electron chi connectivity index (χ4n) is 3.90. The van der Waals surface area contributed by atoms with Gasteiger partial charge in [-0.2, -0.15) is 0 Å². The summed E-state index contributed by atoms with van der Waals surface area (Å²) < 4.78 is 5.01. The van der Waals surface area contributed by atoms with Crippen molar-refractivity contribution in [1.82, 2.24) is 4.90 Å². The lowest BCUT2D eigenvalue weighted by molar-refractivity contribution is 0.0454. The molecule has 25 heavy (non-hydrogen) atoms. The van der Waals surface area contributed by atoms with Crippen molar-refractivity contribution in [2.45, 2.75) is 55.7 Å². The Morgan fingerprint density at radius 2 is 2.12 bits per heavy atom. The van der Waals surface area contributed by atoms with Crippen LogP contribution < -0.4 is 4.74 Å². The van der Waals surface area contributed by atoms with Gasteiger partial charge in [0.15, 0.2) is 5.78 Å². The highest BCUT2D eigenvalue weighted by atomic mass is 32.2. The Balaban J connectivity index is 1.92. The van der Waals surface area contributed by atoms with Crippen molar-refractivity contribution in [3.8, 4) is 5.75 Å². The lowest BCUT2D eigenvalue weighted by Gasteiger charge is -2.50.